The van der Waals surface area contributed by atoms with E-state index in [9.17, 15) is 4.79 Å². The van der Waals surface area contributed by atoms with Gasteiger partial charge < -0.3 is 4.57 Å². The number of nitrogens with one attached hydrogen (secondary N) is 1. The average molecular weight is 374 g/mol. The van der Waals surface area contributed by atoms with Gasteiger partial charge in [-0.05, 0) is 26.3 Å². The highest BCUT2D eigenvalue weighted by molar-refractivity contribution is 8.00. The van der Waals surface area contributed by atoms with Crippen molar-refractivity contribution in [3.8, 4) is 11.4 Å². The van der Waals surface area contributed by atoms with Crippen LogP contribution in [0.2, 0.25) is 0 Å². The number of aromatic nitrogens is 5. The Bertz CT molecular complexity index is 904. The number of benzene rings is 1. The molecule has 3 aromatic rings. The molecule has 3 rings (SSSR count). The summed E-state index contributed by atoms with van der Waals surface area (Å²) in [5.41, 5.74) is 2.16. The van der Waals surface area contributed by atoms with Crippen molar-refractivity contribution in [1.29, 1.82) is 0 Å². The van der Waals surface area contributed by atoms with Crippen LogP contribution in [0.15, 0.2) is 29.4 Å². The van der Waals surface area contributed by atoms with Gasteiger partial charge in [-0.15, -0.1) is 20.4 Å². The summed E-state index contributed by atoms with van der Waals surface area (Å²) in [6.45, 7) is 5.71. The third kappa shape index (κ3) is 3.88. The molecule has 25 heavy (non-hydrogen) atoms. The molecule has 0 aliphatic heterocycles. The number of rotatable bonds is 5. The van der Waals surface area contributed by atoms with E-state index in [0.717, 1.165) is 22.0 Å². The van der Waals surface area contributed by atoms with Crippen molar-refractivity contribution >= 4 is 34.1 Å². The fourth-order valence-electron chi connectivity index (χ4n) is 2.24. The minimum atomic E-state index is -0.336. The van der Waals surface area contributed by atoms with E-state index in [2.05, 4.69) is 25.7 Å². The van der Waals surface area contributed by atoms with Crippen molar-refractivity contribution < 1.29 is 4.79 Å². The first-order chi connectivity index (χ1) is 12.0. The van der Waals surface area contributed by atoms with Gasteiger partial charge in [0.15, 0.2) is 11.0 Å². The van der Waals surface area contributed by atoms with Crippen molar-refractivity contribution in [2.75, 3.05) is 5.32 Å². The first-order valence-corrected chi connectivity index (χ1v) is 9.38. The summed E-state index contributed by atoms with van der Waals surface area (Å²) in [5, 5.41) is 20.8. The number of thioether (sulfide) groups is 1. The van der Waals surface area contributed by atoms with E-state index in [1.807, 2.05) is 56.7 Å². The number of hydrogen-bond acceptors (Lipinski definition) is 7. The van der Waals surface area contributed by atoms with Crippen molar-refractivity contribution in [2.24, 2.45) is 7.05 Å². The Balaban J connectivity index is 1.73. The Morgan fingerprint density at radius 3 is 2.64 bits per heavy atom. The standard InChI is InChI=1S/C16H18N6OS2/c1-9-7-5-6-8-12(9)13-19-21-16(22(13)4)24-10(2)14(23)17-15-20-18-11(3)25-15/h5-8,10H,1-4H3,(H,17,20,23). The summed E-state index contributed by atoms with van der Waals surface area (Å²) < 4.78 is 1.91. The molecule has 0 saturated heterocycles. The van der Waals surface area contributed by atoms with Crippen LogP contribution in [0.5, 0.6) is 0 Å². The Hall–Kier alpha value is -2.26. The molecule has 2 aromatic heterocycles. The van der Waals surface area contributed by atoms with E-state index >= 15 is 0 Å². The van der Waals surface area contributed by atoms with Gasteiger partial charge in [0.2, 0.25) is 11.0 Å². The number of aryl methyl sites for hydroxylation is 2. The van der Waals surface area contributed by atoms with Crippen molar-refractivity contribution in [3.63, 3.8) is 0 Å². The van der Waals surface area contributed by atoms with Crippen LogP contribution in [0.4, 0.5) is 5.13 Å². The average Bonchev–Trinajstić information content (AvgIpc) is 3.14. The summed E-state index contributed by atoms with van der Waals surface area (Å²) in [7, 11) is 1.91. The van der Waals surface area contributed by atoms with E-state index in [1.54, 1.807) is 0 Å². The third-order valence-electron chi connectivity index (χ3n) is 3.63. The van der Waals surface area contributed by atoms with Gasteiger partial charge in [-0.1, -0.05) is 47.4 Å². The maximum Gasteiger partial charge on any atom is 0.239 e. The van der Waals surface area contributed by atoms with Crippen molar-refractivity contribution in [3.05, 3.63) is 34.8 Å². The maximum atomic E-state index is 12.3. The number of carbonyl (C=O) groups excluding carboxylic acids is 1. The predicted molar refractivity (Wildman–Crippen MR) is 99.8 cm³/mol. The summed E-state index contributed by atoms with van der Waals surface area (Å²) in [4.78, 5) is 12.3. The second-order valence-corrected chi connectivity index (χ2v) is 8.05. The zero-order valence-corrected chi connectivity index (χ0v) is 16.0. The first kappa shape index (κ1) is 17.6. The minimum Gasteiger partial charge on any atom is -0.305 e. The van der Waals surface area contributed by atoms with Crippen LogP contribution in [0, 0.1) is 13.8 Å². The summed E-state index contributed by atoms with van der Waals surface area (Å²) in [6, 6.07) is 8.02. The largest absolute Gasteiger partial charge is 0.305 e. The van der Waals surface area contributed by atoms with Gasteiger partial charge in [0.25, 0.3) is 0 Å². The molecule has 0 aliphatic rings. The van der Waals surface area contributed by atoms with Crippen LogP contribution < -0.4 is 5.32 Å². The molecule has 9 heteroatoms. The molecule has 1 unspecified atom stereocenters. The molecular weight excluding hydrogens is 356 g/mol. The highest BCUT2D eigenvalue weighted by atomic mass is 32.2. The summed E-state index contributed by atoms with van der Waals surface area (Å²) in [6.07, 6.45) is 0. The number of nitrogens with zero attached hydrogens (tertiary/aromatic N) is 5. The van der Waals surface area contributed by atoms with Gasteiger partial charge in [0.1, 0.15) is 5.01 Å². The molecule has 0 aliphatic carbocycles. The fourth-order valence-corrected chi connectivity index (χ4v) is 3.65. The zero-order valence-electron chi connectivity index (χ0n) is 14.3. The van der Waals surface area contributed by atoms with Gasteiger partial charge in [0.05, 0.1) is 5.25 Å². The Kier molecular flexibility index (Phi) is 5.14. The quantitative estimate of drug-likeness (QED) is 0.691. The molecule has 0 radical (unpaired) electrons. The SMILES string of the molecule is Cc1nnc(NC(=O)C(C)Sc2nnc(-c3ccccc3C)n2C)s1. The predicted octanol–water partition coefficient (Wildman–Crippen LogP) is 3.07. The van der Waals surface area contributed by atoms with E-state index in [1.165, 1.54) is 23.1 Å². The summed E-state index contributed by atoms with van der Waals surface area (Å²) >= 11 is 2.71. The number of hydrogen-bond donors (Lipinski definition) is 1. The lowest BCUT2D eigenvalue weighted by Gasteiger charge is -2.10. The Labute approximate surface area is 153 Å². The van der Waals surface area contributed by atoms with Gasteiger partial charge in [-0.3, -0.25) is 10.1 Å². The number of carbonyl (C=O) groups is 1. The van der Waals surface area contributed by atoms with Crippen LogP contribution in [-0.2, 0) is 11.8 Å². The topological polar surface area (TPSA) is 85.6 Å². The highest BCUT2D eigenvalue weighted by Crippen LogP contribution is 2.27. The number of anilines is 1. The van der Waals surface area contributed by atoms with E-state index in [-0.39, 0.29) is 11.2 Å². The van der Waals surface area contributed by atoms with E-state index in [0.29, 0.717) is 10.3 Å². The van der Waals surface area contributed by atoms with Gasteiger partial charge in [-0.25, -0.2) is 0 Å². The summed E-state index contributed by atoms with van der Waals surface area (Å²) in [5.74, 6) is 0.648. The molecular formula is C16H18N6OS2. The van der Waals surface area contributed by atoms with Crippen LogP contribution >= 0.6 is 23.1 Å². The first-order valence-electron chi connectivity index (χ1n) is 7.68. The highest BCUT2D eigenvalue weighted by Gasteiger charge is 2.20. The monoisotopic (exact) mass is 374 g/mol. The van der Waals surface area contributed by atoms with Crippen LogP contribution in [0.3, 0.4) is 0 Å². The van der Waals surface area contributed by atoms with Gasteiger partial charge in [-0.2, -0.15) is 0 Å². The van der Waals surface area contributed by atoms with Gasteiger partial charge in [0, 0.05) is 12.6 Å². The molecule has 0 saturated carbocycles. The second-order valence-electron chi connectivity index (χ2n) is 5.56. The Morgan fingerprint density at radius 2 is 1.96 bits per heavy atom. The van der Waals surface area contributed by atoms with Crippen LogP contribution in [0.25, 0.3) is 11.4 Å². The van der Waals surface area contributed by atoms with Gasteiger partial charge >= 0.3 is 0 Å². The lowest BCUT2D eigenvalue weighted by atomic mass is 10.1. The molecule has 1 aromatic carbocycles. The molecule has 1 amide bonds. The molecule has 2 heterocycles. The van der Waals surface area contributed by atoms with Crippen molar-refractivity contribution in [1.82, 2.24) is 25.0 Å². The molecule has 0 bridgehead atoms. The normalized spacial score (nSPS) is 12.2. The molecule has 7 nitrogen and oxygen atoms in total. The van der Waals surface area contributed by atoms with E-state index < -0.39 is 0 Å². The lowest BCUT2D eigenvalue weighted by Crippen LogP contribution is -2.22. The minimum absolute atomic E-state index is 0.137. The molecule has 0 spiro atoms. The van der Waals surface area contributed by atoms with Crippen molar-refractivity contribution in [2.45, 2.75) is 31.2 Å². The number of amides is 1. The molecule has 130 valence electrons. The molecule has 0 fully saturated rings. The molecule has 1 atom stereocenters. The fraction of sp³-hybridized carbons (Fsp3) is 0.312. The van der Waals surface area contributed by atoms with Crippen LogP contribution in [0.1, 0.15) is 17.5 Å². The third-order valence-corrected chi connectivity index (χ3v) is 5.52. The Morgan fingerprint density at radius 1 is 1.20 bits per heavy atom. The molecule has 1 N–H and O–H groups in total. The van der Waals surface area contributed by atoms with Crippen LogP contribution in [-0.4, -0.2) is 36.1 Å². The smallest absolute Gasteiger partial charge is 0.239 e. The maximum absolute atomic E-state index is 12.3. The van der Waals surface area contributed by atoms with E-state index in [4.69, 9.17) is 0 Å². The lowest BCUT2D eigenvalue weighted by molar-refractivity contribution is -0.115. The zero-order chi connectivity index (χ0) is 18.0. The second kappa shape index (κ2) is 7.32.